The van der Waals surface area contributed by atoms with Crippen LogP contribution < -0.4 is 5.32 Å². The summed E-state index contributed by atoms with van der Waals surface area (Å²) in [4.78, 5) is 0. The van der Waals surface area contributed by atoms with Gasteiger partial charge < -0.3 is 5.32 Å². The molecule has 0 heterocycles. The third-order valence-electron chi connectivity index (χ3n) is 2.79. The first-order valence-corrected chi connectivity index (χ1v) is 6.98. The van der Waals surface area contributed by atoms with E-state index in [1.807, 2.05) is 18.2 Å². The third-order valence-corrected chi connectivity index (χ3v) is 3.65. The largest absolute Gasteiger partial charge is 0.380 e. The molecule has 0 spiro atoms. The smallest absolute Gasteiger partial charge is 0.0517 e. The van der Waals surface area contributed by atoms with Gasteiger partial charge in [0.25, 0.3) is 0 Å². The Morgan fingerprint density at radius 2 is 1.94 bits per heavy atom. The molecule has 0 saturated carbocycles. The molecule has 94 valence electrons. The van der Waals surface area contributed by atoms with Crippen molar-refractivity contribution in [3.63, 3.8) is 0 Å². The van der Waals surface area contributed by atoms with E-state index < -0.39 is 0 Å². The van der Waals surface area contributed by atoms with E-state index in [-0.39, 0.29) is 0 Å². The highest BCUT2D eigenvalue weighted by atomic mass is 79.9. The molecule has 0 aliphatic heterocycles. The van der Waals surface area contributed by atoms with Crippen molar-refractivity contribution in [2.75, 3.05) is 5.32 Å². The molecule has 1 nitrogen and oxygen atoms in total. The first-order valence-electron chi connectivity index (χ1n) is 5.81. The summed E-state index contributed by atoms with van der Waals surface area (Å²) in [6, 6.07) is 12.2. The number of nitrogens with one attached hydrogen (secondary N) is 1. The van der Waals surface area contributed by atoms with E-state index >= 15 is 0 Å². The van der Waals surface area contributed by atoms with Crippen LogP contribution >= 0.6 is 27.5 Å². The molecule has 18 heavy (non-hydrogen) atoms. The number of halogens is 2. The van der Waals surface area contributed by atoms with Crippen LogP contribution in [0.2, 0.25) is 5.02 Å². The van der Waals surface area contributed by atoms with Gasteiger partial charge in [-0.25, -0.2) is 0 Å². The van der Waals surface area contributed by atoms with Gasteiger partial charge in [0.15, 0.2) is 0 Å². The minimum atomic E-state index is 0.767. The Labute approximate surface area is 121 Å². The van der Waals surface area contributed by atoms with Gasteiger partial charge in [0.2, 0.25) is 0 Å². The van der Waals surface area contributed by atoms with Crippen molar-refractivity contribution in [3.05, 3.63) is 62.6 Å². The summed E-state index contributed by atoms with van der Waals surface area (Å²) < 4.78 is 1.10. The fraction of sp³-hybridized carbons (Fsp3) is 0.200. The van der Waals surface area contributed by atoms with E-state index in [0.29, 0.717) is 0 Å². The van der Waals surface area contributed by atoms with Crippen molar-refractivity contribution in [1.82, 2.24) is 0 Å². The van der Waals surface area contributed by atoms with Gasteiger partial charge in [-0.2, -0.15) is 0 Å². The molecule has 0 saturated heterocycles. The maximum atomic E-state index is 5.97. The molecule has 2 aromatic rings. The monoisotopic (exact) mass is 323 g/mol. The zero-order chi connectivity index (χ0) is 13.1. The maximum Gasteiger partial charge on any atom is 0.0517 e. The van der Waals surface area contributed by atoms with Crippen molar-refractivity contribution in [3.8, 4) is 0 Å². The molecule has 0 amide bonds. The highest BCUT2D eigenvalue weighted by Crippen LogP contribution is 2.28. The summed E-state index contributed by atoms with van der Waals surface area (Å²) in [5.41, 5.74) is 4.81. The van der Waals surface area contributed by atoms with Crippen LogP contribution in [-0.4, -0.2) is 0 Å². The Balaban J connectivity index is 2.16. The quantitative estimate of drug-likeness (QED) is 0.804. The molecule has 0 aliphatic rings. The van der Waals surface area contributed by atoms with Crippen LogP contribution in [0.3, 0.4) is 0 Å². The van der Waals surface area contributed by atoms with Crippen molar-refractivity contribution in [2.45, 2.75) is 20.4 Å². The lowest BCUT2D eigenvalue weighted by Crippen LogP contribution is -2.02. The predicted molar refractivity (Wildman–Crippen MR) is 82.4 cm³/mol. The van der Waals surface area contributed by atoms with Gasteiger partial charge >= 0.3 is 0 Å². The van der Waals surface area contributed by atoms with Crippen LogP contribution in [0.5, 0.6) is 0 Å². The molecule has 0 fully saturated rings. The highest BCUT2D eigenvalue weighted by Gasteiger charge is 2.04. The maximum absolute atomic E-state index is 5.97. The van der Waals surface area contributed by atoms with Gasteiger partial charge in [0, 0.05) is 16.0 Å². The zero-order valence-corrected chi connectivity index (χ0v) is 12.8. The van der Waals surface area contributed by atoms with E-state index in [2.05, 4.69) is 53.3 Å². The number of rotatable bonds is 3. The molecular weight excluding hydrogens is 310 g/mol. The van der Waals surface area contributed by atoms with E-state index in [4.69, 9.17) is 11.6 Å². The lowest BCUT2D eigenvalue weighted by molar-refractivity contribution is 1.13. The van der Waals surface area contributed by atoms with E-state index in [1.54, 1.807) is 0 Å². The van der Waals surface area contributed by atoms with Crippen LogP contribution in [0.15, 0.2) is 40.9 Å². The second-order valence-corrected chi connectivity index (χ2v) is 5.71. The Bertz CT molecular complexity index is 543. The molecule has 3 heteroatoms. The van der Waals surface area contributed by atoms with Crippen LogP contribution in [0.4, 0.5) is 5.69 Å². The SMILES string of the molecule is Cc1cc(C)c(NCc2cccc(Cl)c2)c(Br)c1. The summed E-state index contributed by atoms with van der Waals surface area (Å²) in [6.45, 7) is 4.97. The predicted octanol–water partition coefficient (Wildman–Crippen LogP) is 5.33. The van der Waals surface area contributed by atoms with Crippen LogP contribution in [0.25, 0.3) is 0 Å². The standard InChI is InChI=1S/C15H15BrClN/c1-10-6-11(2)15(14(16)7-10)18-9-12-4-3-5-13(17)8-12/h3-8,18H,9H2,1-2H3. The summed E-state index contributed by atoms with van der Waals surface area (Å²) in [5.74, 6) is 0. The Hall–Kier alpha value is -0.990. The average Bonchev–Trinajstić information content (AvgIpc) is 2.27. The molecule has 0 aromatic heterocycles. The van der Waals surface area contributed by atoms with E-state index in [0.717, 1.165) is 21.7 Å². The fourth-order valence-corrected chi connectivity index (χ4v) is 3.00. The van der Waals surface area contributed by atoms with Crippen molar-refractivity contribution in [2.24, 2.45) is 0 Å². The summed E-state index contributed by atoms with van der Waals surface area (Å²) in [5, 5.41) is 4.22. The molecule has 2 aromatic carbocycles. The number of anilines is 1. The van der Waals surface area contributed by atoms with Crippen molar-refractivity contribution in [1.29, 1.82) is 0 Å². The fourth-order valence-electron chi connectivity index (χ4n) is 1.98. The first-order chi connectivity index (χ1) is 8.56. The van der Waals surface area contributed by atoms with Crippen molar-refractivity contribution >= 4 is 33.2 Å². The van der Waals surface area contributed by atoms with E-state index in [1.165, 1.54) is 16.7 Å². The van der Waals surface area contributed by atoms with Gasteiger partial charge in [-0.15, -0.1) is 0 Å². The minimum Gasteiger partial charge on any atom is -0.380 e. The van der Waals surface area contributed by atoms with Gasteiger partial charge in [0.05, 0.1) is 5.69 Å². The highest BCUT2D eigenvalue weighted by molar-refractivity contribution is 9.10. The van der Waals surface area contributed by atoms with Crippen LogP contribution in [0.1, 0.15) is 16.7 Å². The molecule has 2 rings (SSSR count). The normalized spacial score (nSPS) is 10.4. The number of benzene rings is 2. The molecular formula is C15H15BrClN. The molecule has 0 radical (unpaired) electrons. The van der Waals surface area contributed by atoms with Crippen molar-refractivity contribution < 1.29 is 0 Å². The first kappa shape index (κ1) is 13.4. The third kappa shape index (κ3) is 3.27. The Morgan fingerprint density at radius 1 is 1.17 bits per heavy atom. The second kappa shape index (κ2) is 5.77. The van der Waals surface area contributed by atoms with Crippen LogP contribution in [-0.2, 0) is 6.54 Å². The molecule has 0 unspecified atom stereocenters. The Kier molecular flexibility index (Phi) is 4.31. The van der Waals surface area contributed by atoms with Crippen LogP contribution in [0, 0.1) is 13.8 Å². The summed E-state index contributed by atoms with van der Waals surface area (Å²) in [6.07, 6.45) is 0. The minimum absolute atomic E-state index is 0.767. The lowest BCUT2D eigenvalue weighted by atomic mass is 10.1. The average molecular weight is 325 g/mol. The van der Waals surface area contributed by atoms with Gasteiger partial charge in [-0.05, 0) is 64.7 Å². The Morgan fingerprint density at radius 3 is 2.61 bits per heavy atom. The molecule has 1 N–H and O–H groups in total. The molecule has 0 atom stereocenters. The molecule has 0 bridgehead atoms. The number of hydrogen-bond acceptors (Lipinski definition) is 1. The number of aryl methyl sites for hydroxylation is 2. The van der Waals surface area contributed by atoms with Gasteiger partial charge in [-0.3, -0.25) is 0 Å². The summed E-state index contributed by atoms with van der Waals surface area (Å²) >= 11 is 9.57. The summed E-state index contributed by atoms with van der Waals surface area (Å²) in [7, 11) is 0. The van der Waals surface area contributed by atoms with E-state index in [9.17, 15) is 0 Å². The topological polar surface area (TPSA) is 12.0 Å². The second-order valence-electron chi connectivity index (χ2n) is 4.42. The van der Waals surface area contributed by atoms with Gasteiger partial charge in [0.1, 0.15) is 0 Å². The molecule has 0 aliphatic carbocycles. The zero-order valence-electron chi connectivity index (χ0n) is 10.4. The number of hydrogen-bond donors (Lipinski definition) is 1. The van der Waals surface area contributed by atoms with Gasteiger partial charge in [-0.1, -0.05) is 29.8 Å². The lowest BCUT2D eigenvalue weighted by Gasteiger charge is -2.13.